The van der Waals surface area contributed by atoms with Gasteiger partial charge in [0.15, 0.2) is 0 Å². The highest BCUT2D eigenvalue weighted by Crippen LogP contribution is 2.31. The second-order valence-corrected chi connectivity index (χ2v) is 8.68. The fraction of sp³-hybridized carbons (Fsp3) is 0.360. The largest absolute Gasteiger partial charge is 0.488 e. The Bertz CT molecular complexity index is 997. The highest BCUT2D eigenvalue weighted by Gasteiger charge is 2.33. The molecule has 1 N–H and O–H groups in total. The minimum Gasteiger partial charge on any atom is -0.488 e. The van der Waals surface area contributed by atoms with Crippen LogP contribution in [-0.2, 0) is 13.2 Å². The number of benzene rings is 3. The molecule has 29 heavy (non-hydrogen) atoms. The molecule has 0 saturated carbocycles. The van der Waals surface area contributed by atoms with Gasteiger partial charge in [-0.05, 0) is 54.8 Å². The van der Waals surface area contributed by atoms with Crippen LogP contribution in [0.2, 0.25) is 5.02 Å². The molecule has 4 heteroatoms. The molecule has 3 fully saturated rings. The van der Waals surface area contributed by atoms with Crippen molar-refractivity contribution in [3.05, 3.63) is 76.8 Å². The Hall–Kier alpha value is -2.07. The summed E-state index contributed by atoms with van der Waals surface area (Å²) in [6.07, 6.45) is 2.64. The lowest BCUT2D eigenvalue weighted by Crippen LogP contribution is -2.55. The minimum absolute atomic E-state index is 0.477. The number of nitrogens with one attached hydrogen (secondary N) is 1. The lowest BCUT2D eigenvalue weighted by molar-refractivity contribution is 0.0719. The van der Waals surface area contributed by atoms with E-state index in [9.17, 15) is 0 Å². The van der Waals surface area contributed by atoms with Crippen LogP contribution in [0.25, 0.3) is 10.8 Å². The summed E-state index contributed by atoms with van der Waals surface area (Å²) in [5.41, 5.74) is 2.25. The van der Waals surface area contributed by atoms with Crippen LogP contribution < -0.4 is 10.1 Å². The van der Waals surface area contributed by atoms with Crippen molar-refractivity contribution in [3.8, 4) is 5.75 Å². The zero-order chi connectivity index (χ0) is 19.6. The van der Waals surface area contributed by atoms with Crippen molar-refractivity contribution in [2.45, 2.75) is 32.0 Å². The zero-order valence-corrected chi connectivity index (χ0v) is 17.4. The molecule has 3 aliphatic rings. The lowest BCUT2D eigenvalue weighted by atomic mass is 9.84. The fourth-order valence-corrected chi connectivity index (χ4v) is 5.02. The number of halogens is 1. The molecule has 3 heterocycles. The lowest BCUT2D eigenvalue weighted by Gasteiger charge is -2.45. The van der Waals surface area contributed by atoms with Gasteiger partial charge >= 0.3 is 0 Å². The van der Waals surface area contributed by atoms with Crippen LogP contribution in [-0.4, -0.2) is 30.6 Å². The van der Waals surface area contributed by atoms with Gasteiger partial charge in [-0.3, -0.25) is 0 Å². The Morgan fingerprint density at radius 2 is 1.76 bits per heavy atom. The van der Waals surface area contributed by atoms with E-state index in [0.717, 1.165) is 28.8 Å². The van der Waals surface area contributed by atoms with E-state index in [1.54, 1.807) is 0 Å². The third-order valence-electron chi connectivity index (χ3n) is 6.54. The van der Waals surface area contributed by atoms with Gasteiger partial charge in [0, 0.05) is 35.3 Å². The van der Waals surface area contributed by atoms with E-state index in [0.29, 0.717) is 12.6 Å². The average Bonchev–Trinajstić information content (AvgIpc) is 2.78. The van der Waals surface area contributed by atoms with Gasteiger partial charge in [-0.2, -0.15) is 0 Å². The molecule has 3 saturated heterocycles. The first-order chi connectivity index (χ1) is 14.3. The van der Waals surface area contributed by atoms with Crippen molar-refractivity contribution in [1.29, 1.82) is 0 Å². The molecule has 0 radical (unpaired) electrons. The molecule has 3 nitrogen and oxygen atoms in total. The van der Waals surface area contributed by atoms with Crippen LogP contribution in [0.3, 0.4) is 0 Å². The summed E-state index contributed by atoms with van der Waals surface area (Å²) < 4.78 is 6.28. The Morgan fingerprint density at radius 3 is 2.55 bits per heavy atom. The van der Waals surface area contributed by atoms with Crippen LogP contribution in [0.4, 0.5) is 0 Å². The first-order valence-electron chi connectivity index (χ1n) is 10.6. The highest BCUT2D eigenvalue weighted by molar-refractivity contribution is 6.31. The molecule has 0 aromatic heterocycles. The highest BCUT2D eigenvalue weighted by atomic mass is 35.5. The van der Waals surface area contributed by atoms with Crippen LogP contribution in [0, 0.1) is 5.92 Å². The molecule has 0 spiro atoms. The molecule has 1 atom stereocenters. The quantitative estimate of drug-likeness (QED) is 0.604. The van der Waals surface area contributed by atoms with Crippen molar-refractivity contribution in [2.24, 2.45) is 5.92 Å². The predicted octanol–water partition coefficient (Wildman–Crippen LogP) is 5.26. The second kappa shape index (κ2) is 8.35. The molecule has 0 amide bonds. The molecule has 2 bridgehead atoms. The van der Waals surface area contributed by atoms with Gasteiger partial charge in [0.05, 0.1) is 0 Å². The van der Waals surface area contributed by atoms with Crippen LogP contribution in [0.1, 0.15) is 24.0 Å². The molecule has 150 valence electrons. The van der Waals surface area contributed by atoms with E-state index < -0.39 is 0 Å². The maximum absolute atomic E-state index is 6.33. The third-order valence-corrected chi connectivity index (χ3v) is 6.90. The molecule has 1 unspecified atom stereocenters. The molecular formula is C25H27ClN2O. The first kappa shape index (κ1) is 18.9. The van der Waals surface area contributed by atoms with E-state index in [1.807, 2.05) is 24.3 Å². The summed E-state index contributed by atoms with van der Waals surface area (Å²) in [4.78, 5) is 2.59. The van der Waals surface area contributed by atoms with Crippen molar-refractivity contribution in [3.63, 3.8) is 0 Å². The van der Waals surface area contributed by atoms with Crippen LogP contribution in [0.15, 0.2) is 60.7 Å². The Kier molecular flexibility index (Phi) is 5.45. The standard InChI is InChI=1S/C25H27ClN2O/c26-23-8-4-2-6-20(23)17-29-25-10-9-18-5-1-3-7-21(18)22(25)15-27-24-16-28-13-11-19(24)12-14-28/h1-10,19,24,27H,11-17H2. The van der Waals surface area contributed by atoms with E-state index >= 15 is 0 Å². The van der Waals surface area contributed by atoms with E-state index in [4.69, 9.17) is 16.3 Å². The number of nitrogens with zero attached hydrogens (tertiary/aromatic N) is 1. The fourth-order valence-electron chi connectivity index (χ4n) is 4.83. The number of ether oxygens (including phenoxy) is 1. The number of piperidine rings is 3. The number of hydrogen-bond acceptors (Lipinski definition) is 3. The van der Waals surface area contributed by atoms with Crippen LogP contribution >= 0.6 is 11.6 Å². The molecule has 3 aromatic rings. The van der Waals surface area contributed by atoms with E-state index in [1.165, 1.54) is 48.8 Å². The number of fused-ring (bicyclic) bond motifs is 4. The summed E-state index contributed by atoms with van der Waals surface area (Å²) in [5.74, 6) is 1.75. The second-order valence-electron chi connectivity index (χ2n) is 8.27. The number of rotatable bonds is 6. The third kappa shape index (κ3) is 4.00. The smallest absolute Gasteiger partial charge is 0.124 e. The van der Waals surface area contributed by atoms with Gasteiger partial charge in [-0.1, -0.05) is 60.1 Å². The topological polar surface area (TPSA) is 24.5 Å². The maximum atomic E-state index is 6.33. The molecular weight excluding hydrogens is 380 g/mol. The van der Waals surface area contributed by atoms with Crippen LogP contribution in [0.5, 0.6) is 5.75 Å². The van der Waals surface area contributed by atoms with Crippen molar-refractivity contribution in [2.75, 3.05) is 19.6 Å². The van der Waals surface area contributed by atoms with E-state index in [2.05, 4.69) is 46.6 Å². The Morgan fingerprint density at radius 1 is 0.966 bits per heavy atom. The predicted molar refractivity (Wildman–Crippen MR) is 120 cm³/mol. The Labute approximate surface area is 177 Å². The summed E-state index contributed by atoms with van der Waals surface area (Å²) in [5, 5.41) is 7.13. The normalized spacial score (nSPS) is 23.4. The minimum atomic E-state index is 0.477. The molecule has 3 aromatic carbocycles. The maximum Gasteiger partial charge on any atom is 0.124 e. The van der Waals surface area contributed by atoms with Gasteiger partial charge in [-0.25, -0.2) is 0 Å². The molecule has 0 aliphatic carbocycles. The number of hydrogen-bond donors (Lipinski definition) is 1. The summed E-state index contributed by atoms with van der Waals surface area (Å²) in [7, 11) is 0. The molecule has 6 rings (SSSR count). The monoisotopic (exact) mass is 406 g/mol. The van der Waals surface area contributed by atoms with Crippen molar-refractivity contribution < 1.29 is 4.74 Å². The van der Waals surface area contributed by atoms with Gasteiger partial charge in [0.2, 0.25) is 0 Å². The van der Waals surface area contributed by atoms with E-state index in [-0.39, 0.29) is 0 Å². The SMILES string of the molecule is Clc1ccccc1COc1ccc2ccccc2c1CNC1CN2CCC1CC2. The Balaban J connectivity index is 1.39. The van der Waals surface area contributed by atoms with Gasteiger partial charge in [0.1, 0.15) is 12.4 Å². The summed E-state index contributed by atoms with van der Waals surface area (Å²) in [6.45, 7) is 5.01. The first-order valence-corrected chi connectivity index (χ1v) is 11.0. The van der Waals surface area contributed by atoms with Gasteiger partial charge < -0.3 is 15.0 Å². The average molecular weight is 407 g/mol. The summed E-state index contributed by atoms with van der Waals surface area (Å²) in [6, 6.07) is 21.3. The van der Waals surface area contributed by atoms with Crippen molar-refractivity contribution in [1.82, 2.24) is 10.2 Å². The zero-order valence-electron chi connectivity index (χ0n) is 16.6. The summed E-state index contributed by atoms with van der Waals surface area (Å²) >= 11 is 6.33. The van der Waals surface area contributed by atoms with Gasteiger partial charge in [0.25, 0.3) is 0 Å². The molecule has 3 aliphatic heterocycles. The van der Waals surface area contributed by atoms with Crippen molar-refractivity contribution >= 4 is 22.4 Å². The van der Waals surface area contributed by atoms with Gasteiger partial charge in [-0.15, -0.1) is 0 Å².